The van der Waals surface area contributed by atoms with Crippen molar-refractivity contribution in [1.29, 1.82) is 0 Å². The second kappa shape index (κ2) is 10.4. The fraction of sp³-hybridized carbons (Fsp3) is 0.688. The largest absolute Gasteiger partial charge is 0.480 e. The molecule has 0 spiro atoms. The SMILES string of the molecule is Cl.NC(CCCCB(O)O)(C(=O)O)C1CCN(c2nccc(C(F)(F)F)n2)CC1. The zero-order valence-corrected chi connectivity index (χ0v) is 16.5. The molecule has 2 rings (SSSR count). The third-order valence-electron chi connectivity index (χ3n) is 5.14. The third kappa shape index (κ3) is 6.70. The van der Waals surface area contributed by atoms with Gasteiger partial charge in [-0.3, -0.25) is 4.79 Å². The standard InChI is InChI=1S/C16H24BF3N4O4.ClH/c18-16(19,20)12-3-8-22-14(23-12)24-9-4-11(5-10-24)15(21,13(25)26)6-1-2-7-17(27)28;/h3,8,11,27-28H,1-2,4-7,9-10,21H2,(H,25,26);1H. The highest BCUT2D eigenvalue weighted by Crippen LogP contribution is 2.33. The number of rotatable bonds is 8. The number of hydrogen-bond acceptors (Lipinski definition) is 7. The second-order valence-corrected chi connectivity index (χ2v) is 7.07. The van der Waals surface area contributed by atoms with Gasteiger partial charge in [0.25, 0.3) is 0 Å². The number of aliphatic carboxylic acids is 1. The van der Waals surface area contributed by atoms with E-state index in [0.29, 0.717) is 38.8 Å². The Bertz CT molecular complexity index is 678. The predicted octanol–water partition coefficient (Wildman–Crippen LogP) is 1.56. The van der Waals surface area contributed by atoms with E-state index in [0.717, 1.165) is 12.3 Å². The lowest BCUT2D eigenvalue weighted by Gasteiger charge is -2.40. The predicted molar refractivity (Wildman–Crippen MR) is 103 cm³/mol. The van der Waals surface area contributed by atoms with Gasteiger partial charge in [-0.15, -0.1) is 12.4 Å². The number of hydrogen-bond donors (Lipinski definition) is 4. The molecule has 2 heterocycles. The van der Waals surface area contributed by atoms with E-state index in [1.165, 1.54) is 0 Å². The van der Waals surface area contributed by atoms with Gasteiger partial charge in [0.1, 0.15) is 11.2 Å². The van der Waals surface area contributed by atoms with E-state index in [1.807, 2.05) is 0 Å². The number of piperidine rings is 1. The smallest absolute Gasteiger partial charge is 0.451 e. The first kappa shape index (κ1) is 25.4. The van der Waals surface area contributed by atoms with Gasteiger partial charge < -0.3 is 25.8 Å². The van der Waals surface area contributed by atoms with Crippen LogP contribution in [0.15, 0.2) is 12.3 Å². The summed E-state index contributed by atoms with van der Waals surface area (Å²) in [5.41, 5.74) is 3.68. The quantitative estimate of drug-likeness (QED) is 0.354. The average Bonchev–Trinajstić information content (AvgIpc) is 2.64. The van der Waals surface area contributed by atoms with Crippen molar-refractivity contribution in [3.63, 3.8) is 0 Å². The van der Waals surface area contributed by atoms with Crippen LogP contribution in [0.2, 0.25) is 6.32 Å². The number of carbonyl (C=O) groups is 1. The van der Waals surface area contributed by atoms with Crippen molar-refractivity contribution in [2.24, 2.45) is 11.7 Å². The molecule has 1 aliphatic rings. The zero-order valence-electron chi connectivity index (χ0n) is 15.7. The van der Waals surface area contributed by atoms with Crippen molar-refractivity contribution in [3.05, 3.63) is 18.0 Å². The molecule has 0 bridgehead atoms. The monoisotopic (exact) mass is 440 g/mol. The Hall–Kier alpha value is -1.63. The summed E-state index contributed by atoms with van der Waals surface area (Å²) in [6.45, 7) is 0.598. The molecule has 0 radical (unpaired) electrons. The molecule has 13 heteroatoms. The van der Waals surface area contributed by atoms with Gasteiger partial charge in [0.15, 0.2) is 0 Å². The average molecular weight is 441 g/mol. The van der Waals surface area contributed by atoms with Gasteiger partial charge in [-0.1, -0.05) is 12.8 Å². The van der Waals surface area contributed by atoms with Crippen LogP contribution in [0.25, 0.3) is 0 Å². The second-order valence-electron chi connectivity index (χ2n) is 7.07. The van der Waals surface area contributed by atoms with Gasteiger partial charge in [0.05, 0.1) is 0 Å². The van der Waals surface area contributed by atoms with Gasteiger partial charge in [-0.05, 0) is 37.6 Å². The van der Waals surface area contributed by atoms with Crippen LogP contribution in [0.4, 0.5) is 19.1 Å². The van der Waals surface area contributed by atoms with Crippen molar-refractivity contribution < 1.29 is 33.1 Å². The third-order valence-corrected chi connectivity index (χ3v) is 5.14. The first-order valence-corrected chi connectivity index (χ1v) is 9.07. The molecule has 8 nitrogen and oxygen atoms in total. The summed E-state index contributed by atoms with van der Waals surface area (Å²) in [6.07, 6.45) is -1.57. The van der Waals surface area contributed by atoms with Crippen LogP contribution < -0.4 is 10.6 Å². The minimum absolute atomic E-state index is 0. The van der Waals surface area contributed by atoms with Gasteiger partial charge in [-0.2, -0.15) is 13.2 Å². The van der Waals surface area contributed by atoms with Gasteiger partial charge in [0.2, 0.25) is 5.95 Å². The summed E-state index contributed by atoms with van der Waals surface area (Å²) < 4.78 is 38.5. The highest BCUT2D eigenvalue weighted by Gasteiger charge is 2.43. The molecule has 1 saturated heterocycles. The van der Waals surface area contributed by atoms with Crippen LogP contribution in [0, 0.1) is 5.92 Å². The Balaban J connectivity index is 0.00000420. The molecule has 164 valence electrons. The Labute approximate surface area is 172 Å². The highest BCUT2D eigenvalue weighted by atomic mass is 35.5. The van der Waals surface area contributed by atoms with Crippen LogP contribution in [0.5, 0.6) is 0 Å². The molecule has 29 heavy (non-hydrogen) atoms. The van der Waals surface area contributed by atoms with E-state index >= 15 is 0 Å². The highest BCUT2D eigenvalue weighted by molar-refractivity contribution is 6.40. The Kier molecular flexibility index (Phi) is 9.13. The molecular formula is C16H25BClF3N4O4. The number of aromatic nitrogens is 2. The molecule has 0 aliphatic carbocycles. The minimum Gasteiger partial charge on any atom is -0.480 e. The normalized spacial score (nSPS) is 17.4. The molecule has 1 aliphatic heterocycles. The maximum Gasteiger partial charge on any atom is 0.451 e. The van der Waals surface area contributed by atoms with Crippen molar-refractivity contribution >= 4 is 31.4 Å². The van der Waals surface area contributed by atoms with Gasteiger partial charge >= 0.3 is 19.3 Å². The van der Waals surface area contributed by atoms with Crippen molar-refractivity contribution in [1.82, 2.24) is 9.97 Å². The molecule has 0 aromatic carbocycles. The van der Waals surface area contributed by atoms with Gasteiger partial charge in [0, 0.05) is 19.3 Å². The van der Waals surface area contributed by atoms with Crippen molar-refractivity contribution in [2.45, 2.75) is 50.1 Å². The molecule has 1 aromatic heterocycles. The molecule has 1 atom stereocenters. The fourth-order valence-corrected chi connectivity index (χ4v) is 3.48. The van der Waals surface area contributed by atoms with Crippen molar-refractivity contribution in [3.8, 4) is 0 Å². The molecular weight excluding hydrogens is 415 g/mol. The van der Waals surface area contributed by atoms with Gasteiger partial charge in [-0.25, -0.2) is 9.97 Å². The number of nitrogens with zero attached hydrogens (tertiary/aromatic N) is 3. The van der Waals surface area contributed by atoms with Crippen LogP contribution >= 0.6 is 12.4 Å². The molecule has 1 unspecified atom stereocenters. The minimum atomic E-state index is -4.56. The number of alkyl halides is 3. The summed E-state index contributed by atoms with van der Waals surface area (Å²) in [5.74, 6) is -1.53. The number of unbranched alkanes of at least 4 members (excludes halogenated alkanes) is 1. The zero-order chi connectivity index (χ0) is 20.9. The van der Waals surface area contributed by atoms with E-state index in [9.17, 15) is 23.1 Å². The number of carboxylic acids is 1. The number of halogens is 4. The summed E-state index contributed by atoms with van der Waals surface area (Å²) in [4.78, 5) is 20.8. The van der Waals surface area contributed by atoms with E-state index in [1.54, 1.807) is 4.90 Å². The van der Waals surface area contributed by atoms with Crippen LogP contribution in [-0.2, 0) is 11.0 Å². The first-order valence-electron chi connectivity index (χ1n) is 9.07. The summed E-state index contributed by atoms with van der Waals surface area (Å²) >= 11 is 0. The Morgan fingerprint density at radius 2 is 1.90 bits per heavy atom. The maximum absolute atomic E-state index is 12.8. The lowest BCUT2D eigenvalue weighted by atomic mass is 9.74. The maximum atomic E-state index is 12.8. The van der Waals surface area contributed by atoms with E-state index < -0.39 is 30.5 Å². The van der Waals surface area contributed by atoms with Crippen LogP contribution in [0.1, 0.15) is 37.8 Å². The number of anilines is 1. The summed E-state index contributed by atoms with van der Waals surface area (Å²) in [6, 6.07) is 0.801. The van der Waals surface area contributed by atoms with E-state index in [-0.39, 0.29) is 37.0 Å². The van der Waals surface area contributed by atoms with E-state index in [4.69, 9.17) is 15.8 Å². The lowest BCUT2D eigenvalue weighted by Crippen LogP contribution is -2.57. The number of nitrogens with two attached hydrogens (primary N) is 1. The van der Waals surface area contributed by atoms with E-state index in [2.05, 4.69) is 9.97 Å². The molecule has 1 aromatic rings. The lowest BCUT2D eigenvalue weighted by molar-refractivity contribution is -0.146. The molecule has 0 amide bonds. The Morgan fingerprint density at radius 3 is 2.41 bits per heavy atom. The van der Waals surface area contributed by atoms with Crippen LogP contribution in [0.3, 0.4) is 0 Å². The first-order chi connectivity index (χ1) is 13.0. The fourth-order valence-electron chi connectivity index (χ4n) is 3.48. The number of carboxylic acid groups (broad SMARTS) is 1. The summed E-state index contributed by atoms with van der Waals surface area (Å²) in [7, 11) is -1.44. The molecule has 0 saturated carbocycles. The molecule has 5 N–H and O–H groups in total. The Morgan fingerprint density at radius 1 is 1.28 bits per heavy atom. The van der Waals surface area contributed by atoms with Crippen molar-refractivity contribution in [2.75, 3.05) is 18.0 Å². The molecule has 1 fully saturated rings. The summed E-state index contributed by atoms with van der Waals surface area (Å²) in [5, 5.41) is 27.3. The van der Waals surface area contributed by atoms with Crippen LogP contribution in [-0.4, -0.2) is 56.8 Å². The topological polar surface area (TPSA) is 133 Å².